The van der Waals surface area contributed by atoms with Crippen LogP contribution in [0.5, 0.6) is 5.75 Å². The molecule has 0 aromatic heterocycles. The van der Waals surface area contributed by atoms with Gasteiger partial charge in [0.2, 0.25) is 0 Å². The predicted molar refractivity (Wildman–Crippen MR) is 81.4 cm³/mol. The zero-order chi connectivity index (χ0) is 15.7. The van der Waals surface area contributed by atoms with Crippen LogP contribution in [0.2, 0.25) is 0 Å². The van der Waals surface area contributed by atoms with Crippen molar-refractivity contribution < 1.29 is 19.2 Å². The Bertz CT molecular complexity index is 492. The summed E-state index contributed by atoms with van der Waals surface area (Å²) in [6, 6.07) is 4.67. The van der Waals surface area contributed by atoms with E-state index in [2.05, 4.69) is 15.9 Å². The minimum atomic E-state index is -0.462. The number of carbonyl (C=O) groups excluding carboxylic acids is 1. The normalized spacial score (nSPS) is 10.2. The minimum absolute atomic E-state index is 0.0187. The van der Waals surface area contributed by atoms with Crippen molar-refractivity contribution in [2.75, 3.05) is 13.2 Å². The quantitative estimate of drug-likeness (QED) is 0.289. The SMILES string of the molecule is CCOC(=O)CCCCCOc1cccc([N+](=O)[O-])c1Br. The first-order chi connectivity index (χ1) is 10.1. The van der Waals surface area contributed by atoms with Crippen molar-refractivity contribution >= 4 is 27.6 Å². The molecule has 0 radical (unpaired) electrons. The van der Waals surface area contributed by atoms with E-state index in [0.717, 1.165) is 19.3 Å². The van der Waals surface area contributed by atoms with Crippen LogP contribution in [0.3, 0.4) is 0 Å². The highest BCUT2D eigenvalue weighted by Crippen LogP contribution is 2.33. The first-order valence-corrected chi connectivity index (χ1v) is 7.57. The van der Waals surface area contributed by atoms with Crippen molar-refractivity contribution in [2.24, 2.45) is 0 Å². The molecular formula is C14H18BrNO5. The fourth-order valence-corrected chi connectivity index (χ4v) is 2.24. The fraction of sp³-hybridized carbons (Fsp3) is 0.500. The van der Waals surface area contributed by atoms with Gasteiger partial charge in [-0.2, -0.15) is 0 Å². The fourth-order valence-electron chi connectivity index (χ4n) is 1.72. The molecule has 0 aliphatic rings. The summed E-state index contributed by atoms with van der Waals surface area (Å²) in [7, 11) is 0. The van der Waals surface area contributed by atoms with Crippen molar-refractivity contribution in [3.05, 3.63) is 32.8 Å². The van der Waals surface area contributed by atoms with Gasteiger partial charge in [0.15, 0.2) is 0 Å². The van der Waals surface area contributed by atoms with E-state index >= 15 is 0 Å². The van der Waals surface area contributed by atoms with Gasteiger partial charge in [0.25, 0.3) is 5.69 Å². The number of nitro benzene ring substituents is 1. The van der Waals surface area contributed by atoms with Gasteiger partial charge in [-0.05, 0) is 48.2 Å². The monoisotopic (exact) mass is 359 g/mol. The molecule has 1 aromatic rings. The molecular weight excluding hydrogens is 342 g/mol. The molecule has 0 fully saturated rings. The molecule has 1 rings (SSSR count). The number of halogens is 1. The maximum Gasteiger partial charge on any atom is 0.305 e. The lowest BCUT2D eigenvalue weighted by Crippen LogP contribution is -2.04. The molecule has 116 valence electrons. The van der Waals surface area contributed by atoms with Crippen molar-refractivity contribution in [3.8, 4) is 5.75 Å². The van der Waals surface area contributed by atoms with E-state index in [1.165, 1.54) is 6.07 Å². The standard InChI is InChI=1S/C14H18BrNO5/c1-2-20-13(17)9-4-3-5-10-21-12-8-6-7-11(14(12)15)16(18)19/h6-8H,2-5,9-10H2,1H3. The van der Waals surface area contributed by atoms with Crippen molar-refractivity contribution in [3.63, 3.8) is 0 Å². The topological polar surface area (TPSA) is 78.7 Å². The number of carbonyl (C=O) groups is 1. The summed E-state index contributed by atoms with van der Waals surface area (Å²) in [6.45, 7) is 2.63. The van der Waals surface area contributed by atoms with Crippen LogP contribution in [-0.4, -0.2) is 24.1 Å². The number of nitro groups is 1. The number of esters is 1. The highest BCUT2D eigenvalue weighted by molar-refractivity contribution is 9.10. The van der Waals surface area contributed by atoms with Crippen LogP contribution >= 0.6 is 15.9 Å². The summed E-state index contributed by atoms with van der Waals surface area (Å²) in [6.07, 6.45) is 2.77. The van der Waals surface area contributed by atoms with E-state index in [4.69, 9.17) is 9.47 Å². The Morgan fingerprint density at radius 3 is 2.76 bits per heavy atom. The first-order valence-electron chi connectivity index (χ1n) is 6.77. The van der Waals surface area contributed by atoms with Gasteiger partial charge >= 0.3 is 5.97 Å². The lowest BCUT2D eigenvalue weighted by Gasteiger charge is -2.08. The number of nitrogens with zero attached hydrogens (tertiary/aromatic N) is 1. The summed E-state index contributed by atoms with van der Waals surface area (Å²) in [4.78, 5) is 21.4. The zero-order valence-electron chi connectivity index (χ0n) is 11.8. The number of benzene rings is 1. The van der Waals surface area contributed by atoms with Crippen LogP contribution in [-0.2, 0) is 9.53 Å². The van der Waals surface area contributed by atoms with Gasteiger partial charge in [0.05, 0.1) is 18.1 Å². The highest BCUT2D eigenvalue weighted by Gasteiger charge is 2.15. The second-order valence-corrected chi connectivity index (χ2v) is 5.10. The molecule has 0 aliphatic carbocycles. The summed E-state index contributed by atoms with van der Waals surface area (Å²) in [5.74, 6) is 0.273. The summed E-state index contributed by atoms with van der Waals surface area (Å²) < 4.78 is 10.7. The Balaban J connectivity index is 2.29. The molecule has 0 N–H and O–H groups in total. The van der Waals surface area contributed by atoms with Gasteiger partial charge in [0.1, 0.15) is 10.2 Å². The molecule has 0 aliphatic heterocycles. The second kappa shape index (κ2) is 9.33. The van der Waals surface area contributed by atoms with Gasteiger partial charge in [-0.1, -0.05) is 6.07 Å². The minimum Gasteiger partial charge on any atom is -0.492 e. The highest BCUT2D eigenvalue weighted by atomic mass is 79.9. The van der Waals surface area contributed by atoms with Crippen molar-refractivity contribution in [2.45, 2.75) is 32.6 Å². The van der Waals surface area contributed by atoms with E-state index in [1.54, 1.807) is 19.1 Å². The largest absolute Gasteiger partial charge is 0.492 e. The Kier molecular flexibility index (Phi) is 7.74. The third-order valence-corrected chi connectivity index (χ3v) is 3.52. The molecule has 21 heavy (non-hydrogen) atoms. The van der Waals surface area contributed by atoms with E-state index in [0.29, 0.717) is 29.9 Å². The molecule has 6 nitrogen and oxygen atoms in total. The summed E-state index contributed by atoms with van der Waals surface area (Å²) in [5, 5.41) is 10.8. The van der Waals surface area contributed by atoms with E-state index in [9.17, 15) is 14.9 Å². The molecule has 0 saturated carbocycles. The maximum atomic E-state index is 11.1. The lowest BCUT2D eigenvalue weighted by atomic mass is 10.2. The average Bonchev–Trinajstić information content (AvgIpc) is 2.44. The van der Waals surface area contributed by atoms with Crippen LogP contribution in [0.25, 0.3) is 0 Å². The number of unbranched alkanes of at least 4 members (excludes halogenated alkanes) is 2. The lowest BCUT2D eigenvalue weighted by molar-refractivity contribution is -0.385. The van der Waals surface area contributed by atoms with Gasteiger partial charge in [-0.15, -0.1) is 0 Å². The molecule has 0 bridgehead atoms. The molecule has 0 amide bonds. The van der Waals surface area contributed by atoms with E-state index < -0.39 is 4.92 Å². The van der Waals surface area contributed by atoms with Crippen LogP contribution in [0.1, 0.15) is 32.6 Å². The van der Waals surface area contributed by atoms with Crippen LogP contribution < -0.4 is 4.74 Å². The number of rotatable bonds is 9. The second-order valence-electron chi connectivity index (χ2n) is 4.31. The van der Waals surface area contributed by atoms with Crippen LogP contribution in [0, 0.1) is 10.1 Å². The Morgan fingerprint density at radius 1 is 1.33 bits per heavy atom. The maximum absolute atomic E-state index is 11.1. The number of hydrogen-bond donors (Lipinski definition) is 0. The number of ether oxygens (including phenoxy) is 2. The first kappa shape index (κ1) is 17.4. The van der Waals surface area contributed by atoms with Crippen molar-refractivity contribution in [1.29, 1.82) is 0 Å². The predicted octanol–water partition coefficient (Wildman–Crippen LogP) is 3.86. The molecule has 0 atom stereocenters. The van der Waals surface area contributed by atoms with Gasteiger partial charge in [0, 0.05) is 12.5 Å². The average molecular weight is 360 g/mol. The van der Waals surface area contributed by atoms with Crippen molar-refractivity contribution in [1.82, 2.24) is 0 Å². The van der Waals surface area contributed by atoms with Gasteiger partial charge in [-0.3, -0.25) is 14.9 Å². The molecule has 1 aromatic carbocycles. The molecule has 0 saturated heterocycles. The van der Waals surface area contributed by atoms with Crippen LogP contribution in [0.4, 0.5) is 5.69 Å². The summed E-state index contributed by atoms with van der Waals surface area (Å²) in [5.41, 5.74) is -0.0187. The number of hydrogen-bond acceptors (Lipinski definition) is 5. The van der Waals surface area contributed by atoms with Crippen LogP contribution in [0.15, 0.2) is 22.7 Å². The molecule has 0 unspecified atom stereocenters. The van der Waals surface area contributed by atoms with Gasteiger partial charge < -0.3 is 9.47 Å². The van der Waals surface area contributed by atoms with E-state index in [1.807, 2.05) is 0 Å². The summed E-state index contributed by atoms with van der Waals surface area (Å²) >= 11 is 3.17. The zero-order valence-corrected chi connectivity index (χ0v) is 13.4. The Hall–Kier alpha value is -1.63. The molecule has 7 heteroatoms. The van der Waals surface area contributed by atoms with E-state index in [-0.39, 0.29) is 11.7 Å². The third-order valence-electron chi connectivity index (χ3n) is 2.73. The Morgan fingerprint density at radius 2 is 2.10 bits per heavy atom. The third kappa shape index (κ3) is 6.12. The molecule has 0 spiro atoms. The Labute approximate surface area is 131 Å². The smallest absolute Gasteiger partial charge is 0.305 e. The van der Waals surface area contributed by atoms with Gasteiger partial charge in [-0.25, -0.2) is 0 Å². The molecule has 0 heterocycles.